The van der Waals surface area contributed by atoms with Gasteiger partial charge in [-0.05, 0) is 36.4 Å². The Morgan fingerprint density at radius 2 is 1.89 bits per heavy atom. The Labute approximate surface area is 197 Å². The summed E-state index contributed by atoms with van der Waals surface area (Å²) in [6, 6.07) is 7.27. The molecule has 0 bridgehead atoms. The minimum Gasteiger partial charge on any atom is -0.406 e. The maximum atomic E-state index is 13.9. The van der Waals surface area contributed by atoms with Crippen LogP contribution in [0.4, 0.5) is 29.1 Å². The van der Waals surface area contributed by atoms with E-state index < -0.39 is 23.8 Å². The summed E-state index contributed by atoms with van der Waals surface area (Å²) in [4.78, 5) is 23.1. The molecular formula is C23H21F4N5O3. The van der Waals surface area contributed by atoms with Crippen molar-refractivity contribution in [3.63, 3.8) is 0 Å². The Kier molecular flexibility index (Phi) is 6.85. The minimum absolute atomic E-state index is 0.149. The lowest BCUT2D eigenvalue weighted by Gasteiger charge is -2.21. The van der Waals surface area contributed by atoms with E-state index in [1.807, 2.05) is 4.90 Å². The zero-order valence-electron chi connectivity index (χ0n) is 18.4. The standard InChI is InChI=1S/C23H21F4N5O3/c1-34-20-12-32(11-19(20)28)21-18(13-6-15(24)10-29-8-13)7-14(9-30-21)22(33)31-16-2-4-17(5-3-16)35-23(25,26)27/h2-10,19-20H,11-12,28H2,1H3,(H,31,33)/t19-,20-/m1/s1. The first-order valence-corrected chi connectivity index (χ1v) is 10.4. The summed E-state index contributed by atoms with van der Waals surface area (Å²) in [5, 5.41) is 2.59. The summed E-state index contributed by atoms with van der Waals surface area (Å²) in [7, 11) is 1.56. The van der Waals surface area contributed by atoms with Gasteiger partial charge in [0, 0.05) is 49.4 Å². The van der Waals surface area contributed by atoms with Crippen LogP contribution >= 0.6 is 0 Å². The van der Waals surface area contributed by atoms with Crippen LogP contribution in [-0.2, 0) is 4.74 Å². The molecule has 0 unspecified atom stereocenters. The van der Waals surface area contributed by atoms with Gasteiger partial charge in [0.05, 0.1) is 23.9 Å². The second-order valence-corrected chi connectivity index (χ2v) is 7.86. The Bertz CT molecular complexity index is 1210. The lowest BCUT2D eigenvalue weighted by atomic mass is 10.1. The monoisotopic (exact) mass is 491 g/mol. The number of ether oxygens (including phenoxy) is 2. The number of carbonyl (C=O) groups excluding carboxylic acids is 1. The highest BCUT2D eigenvalue weighted by Gasteiger charge is 2.33. The SMILES string of the molecule is CO[C@@H]1CN(c2ncc(C(=O)Nc3ccc(OC(F)(F)F)cc3)cc2-c2cncc(F)c2)C[C@H]1N. The molecule has 0 radical (unpaired) electrons. The lowest BCUT2D eigenvalue weighted by Crippen LogP contribution is -2.34. The molecule has 1 aliphatic rings. The highest BCUT2D eigenvalue weighted by Crippen LogP contribution is 2.32. The minimum atomic E-state index is -4.82. The fourth-order valence-corrected chi connectivity index (χ4v) is 3.77. The summed E-state index contributed by atoms with van der Waals surface area (Å²) in [6.07, 6.45) is -1.17. The fourth-order valence-electron chi connectivity index (χ4n) is 3.77. The van der Waals surface area contributed by atoms with Gasteiger partial charge in [-0.2, -0.15) is 0 Å². The van der Waals surface area contributed by atoms with Crippen molar-refractivity contribution in [1.29, 1.82) is 0 Å². The van der Waals surface area contributed by atoms with Gasteiger partial charge in [-0.1, -0.05) is 0 Å². The van der Waals surface area contributed by atoms with Crippen molar-refractivity contribution in [3.8, 4) is 16.9 Å². The van der Waals surface area contributed by atoms with Crippen LogP contribution in [0.1, 0.15) is 10.4 Å². The number of benzene rings is 1. The smallest absolute Gasteiger partial charge is 0.406 e. The molecule has 3 aromatic rings. The molecule has 1 amide bonds. The molecule has 1 aliphatic heterocycles. The van der Waals surface area contributed by atoms with Crippen LogP contribution in [0.25, 0.3) is 11.1 Å². The number of nitrogens with two attached hydrogens (primary N) is 1. The topological polar surface area (TPSA) is 103 Å². The number of anilines is 2. The molecule has 2 atom stereocenters. The molecule has 2 aromatic heterocycles. The summed E-state index contributed by atoms with van der Waals surface area (Å²) >= 11 is 0. The molecule has 3 N–H and O–H groups in total. The second kappa shape index (κ2) is 9.84. The molecule has 0 aliphatic carbocycles. The predicted octanol–water partition coefficient (Wildman–Crippen LogP) is 3.60. The van der Waals surface area contributed by atoms with Crippen LogP contribution in [0.3, 0.4) is 0 Å². The number of hydrogen-bond donors (Lipinski definition) is 2. The second-order valence-electron chi connectivity index (χ2n) is 7.86. The van der Waals surface area contributed by atoms with Crippen molar-refractivity contribution in [2.75, 3.05) is 30.4 Å². The highest BCUT2D eigenvalue weighted by molar-refractivity contribution is 6.05. The molecule has 1 saturated heterocycles. The molecule has 0 saturated carbocycles. The van der Waals surface area contributed by atoms with Crippen molar-refractivity contribution in [3.05, 3.63) is 66.4 Å². The maximum Gasteiger partial charge on any atom is 0.573 e. The van der Waals surface area contributed by atoms with E-state index in [-0.39, 0.29) is 23.4 Å². The first-order valence-electron chi connectivity index (χ1n) is 10.4. The number of hydrogen-bond acceptors (Lipinski definition) is 7. The molecule has 0 spiro atoms. The van der Waals surface area contributed by atoms with E-state index in [9.17, 15) is 22.4 Å². The zero-order chi connectivity index (χ0) is 25.2. The van der Waals surface area contributed by atoms with Crippen molar-refractivity contribution >= 4 is 17.4 Å². The van der Waals surface area contributed by atoms with Gasteiger partial charge >= 0.3 is 6.36 Å². The number of carbonyl (C=O) groups is 1. The van der Waals surface area contributed by atoms with Crippen LogP contribution in [-0.4, -0.2) is 54.6 Å². The molecule has 184 valence electrons. The van der Waals surface area contributed by atoms with Crippen LogP contribution in [0.5, 0.6) is 5.75 Å². The number of methoxy groups -OCH3 is 1. The van der Waals surface area contributed by atoms with Gasteiger partial charge in [0.15, 0.2) is 0 Å². The third kappa shape index (κ3) is 5.84. The van der Waals surface area contributed by atoms with E-state index in [4.69, 9.17) is 10.5 Å². The number of nitrogens with one attached hydrogen (secondary N) is 1. The van der Waals surface area contributed by atoms with Crippen molar-refractivity contribution < 1.29 is 31.8 Å². The summed E-state index contributed by atoms with van der Waals surface area (Å²) in [6.45, 7) is 0.900. The summed E-state index contributed by atoms with van der Waals surface area (Å²) < 4.78 is 60.2. The number of alkyl halides is 3. The number of amides is 1. The Morgan fingerprint density at radius 3 is 2.51 bits per heavy atom. The van der Waals surface area contributed by atoms with Crippen molar-refractivity contribution in [1.82, 2.24) is 9.97 Å². The van der Waals surface area contributed by atoms with Crippen LogP contribution in [0, 0.1) is 5.82 Å². The number of nitrogens with zero attached hydrogens (tertiary/aromatic N) is 3. The van der Waals surface area contributed by atoms with Gasteiger partial charge in [0.2, 0.25) is 0 Å². The van der Waals surface area contributed by atoms with Crippen molar-refractivity contribution in [2.45, 2.75) is 18.5 Å². The predicted molar refractivity (Wildman–Crippen MR) is 119 cm³/mol. The quantitative estimate of drug-likeness (QED) is 0.508. The fraction of sp³-hybridized carbons (Fsp3) is 0.261. The van der Waals surface area contributed by atoms with Gasteiger partial charge in [-0.15, -0.1) is 13.2 Å². The Hall–Kier alpha value is -3.77. The van der Waals surface area contributed by atoms with Gasteiger partial charge in [0.25, 0.3) is 5.91 Å². The number of halogens is 4. The molecule has 4 rings (SSSR count). The van der Waals surface area contributed by atoms with Crippen LogP contribution in [0.15, 0.2) is 55.0 Å². The van der Waals surface area contributed by atoms with Gasteiger partial charge in [0.1, 0.15) is 17.4 Å². The number of pyridine rings is 2. The van der Waals surface area contributed by atoms with Gasteiger partial charge in [-0.25, -0.2) is 9.37 Å². The highest BCUT2D eigenvalue weighted by atomic mass is 19.4. The molecule has 3 heterocycles. The third-order valence-corrected chi connectivity index (χ3v) is 5.40. The van der Waals surface area contributed by atoms with Crippen LogP contribution in [0.2, 0.25) is 0 Å². The third-order valence-electron chi connectivity index (χ3n) is 5.40. The molecular weight excluding hydrogens is 470 g/mol. The normalized spacial score (nSPS) is 17.9. The Morgan fingerprint density at radius 1 is 1.14 bits per heavy atom. The average molecular weight is 491 g/mol. The average Bonchev–Trinajstić information content (AvgIpc) is 3.19. The van der Waals surface area contributed by atoms with E-state index in [1.165, 1.54) is 30.6 Å². The van der Waals surface area contributed by atoms with Gasteiger partial charge in [-0.3, -0.25) is 9.78 Å². The molecule has 8 nitrogen and oxygen atoms in total. The summed E-state index contributed by atoms with van der Waals surface area (Å²) in [5.41, 5.74) is 7.40. The molecule has 35 heavy (non-hydrogen) atoms. The number of aromatic nitrogens is 2. The summed E-state index contributed by atoms with van der Waals surface area (Å²) in [5.74, 6) is -1.05. The van der Waals surface area contributed by atoms with E-state index in [1.54, 1.807) is 13.2 Å². The molecule has 1 fully saturated rings. The maximum absolute atomic E-state index is 13.9. The first-order chi connectivity index (χ1) is 16.6. The molecule has 12 heteroatoms. The van der Waals surface area contributed by atoms with Gasteiger partial charge < -0.3 is 25.4 Å². The van der Waals surface area contributed by atoms with Crippen molar-refractivity contribution in [2.24, 2.45) is 5.73 Å². The van der Waals surface area contributed by atoms with E-state index in [0.717, 1.165) is 18.3 Å². The zero-order valence-corrected chi connectivity index (χ0v) is 18.4. The largest absolute Gasteiger partial charge is 0.573 e. The van der Waals surface area contributed by atoms with E-state index >= 15 is 0 Å². The number of rotatable bonds is 6. The molecule has 1 aromatic carbocycles. The lowest BCUT2D eigenvalue weighted by molar-refractivity contribution is -0.274. The van der Waals surface area contributed by atoms with E-state index in [2.05, 4.69) is 20.0 Å². The Balaban J connectivity index is 1.61. The van der Waals surface area contributed by atoms with E-state index in [0.29, 0.717) is 30.0 Å². The first kappa shape index (κ1) is 24.4. The van der Waals surface area contributed by atoms with Crippen LogP contribution < -0.4 is 20.7 Å².